The molecule has 0 aliphatic carbocycles. The van der Waals surface area contributed by atoms with Gasteiger partial charge in [-0.05, 0) is 48.4 Å². The topological polar surface area (TPSA) is 107 Å². The van der Waals surface area contributed by atoms with Gasteiger partial charge in [0, 0.05) is 38.0 Å². The summed E-state index contributed by atoms with van der Waals surface area (Å²) in [5.41, 5.74) is 0.882. The number of carbonyl (C=O) groups is 2. The molecule has 0 radical (unpaired) electrons. The number of benzene rings is 1. The molecule has 1 aromatic carbocycles. The van der Waals surface area contributed by atoms with Gasteiger partial charge in [-0.2, -0.15) is 4.31 Å². The second-order valence-corrected chi connectivity index (χ2v) is 10.5. The van der Waals surface area contributed by atoms with Gasteiger partial charge in [-0.3, -0.25) is 9.59 Å². The number of rotatable bonds is 7. The highest BCUT2D eigenvalue weighted by atomic mass is 32.2. The van der Waals surface area contributed by atoms with E-state index >= 15 is 0 Å². The van der Waals surface area contributed by atoms with E-state index in [1.165, 1.54) is 13.1 Å². The number of anilines is 1. The minimum Gasteiger partial charge on any atom is -0.396 e. The molecule has 2 aromatic rings. The fraction of sp³-hybridized carbons (Fsp3) is 0.400. The second-order valence-electron chi connectivity index (χ2n) is 7.24. The van der Waals surface area contributed by atoms with Crippen molar-refractivity contribution in [1.29, 1.82) is 0 Å². The average molecular weight is 452 g/mol. The van der Waals surface area contributed by atoms with Gasteiger partial charge in [0.2, 0.25) is 5.91 Å². The number of sulfonamides is 1. The number of hydrogen-bond acceptors (Lipinski definition) is 6. The molecule has 0 bridgehead atoms. The van der Waals surface area contributed by atoms with Crippen molar-refractivity contribution in [2.45, 2.75) is 17.1 Å². The zero-order valence-electron chi connectivity index (χ0n) is 16.7. The van der Waals surface area contributed by atoms with Crippen LogP contribution in [0.4, 0.5) is 5.69 Å². The summed E-state index contributed by atoms with van der Waals surface area (Å²) in [6.45, 7) is 0.978. The molecule has 0 atom stereocenters. The molecular formula is C20H25N3O5S2. The number of likely N-dealkylation sites (N-methyl/N-ethyl adjacent to an activating group) is 1. The molecule has 162 valence electrons. The fourth-order valence-electron chi connectivity index (χ4n) is 3.28. The Labute approximate surface area is 180 Å². The van der Waals surface area contributed by atoms with Crippen molar-refractivity contribution in [3.8, 4) is 0 Å². The molecule has 1 aromatic heterocycles. The van der Waals surface area contributed by atoms with E-state index in [1.54, 1.807) is 40.6 Å². The Kier molecular flexibility index (Phi) is 7.24. The molecule has 0 unspecified atom stereocenters. The number of piperidine rings is 1. The van der Waals surface area contributed by atoms with Gasteiger partial charge < -0.3 is 15.3 Å². The molecule has 1 aliphatic heterocycles. The molecular weight excluding hydrogens is 426 g/mol. The standard InChI is InChI=1S/C20H25N3O5S2/c1-22(30(27,28)19-6-3-11-29-19)13-18(25)21-17-5-2-4-16(12-17)20(26)23-9-7-15(14-24)8-10-23/h2-6,11-12,15,24H,7-10,13-14H2,1H3,(H,21,25). The Balaban J connectivity index is 1.61. The van der Waals surface area contributed by atoms with Crippen molar-refractivity contribution < 1.29 is 23.1 Å². The number of thiophene rings is 1. The number of aliphatic hydroxyl groups excluding tert-OH is 1. The molecule has 2 N–H and O–H groups in total. The molecule has 3 rings (SSSR count). The van der Waals surface area contributed by atoms with Gasteiger partial charge in [0.15, 0.2) is 0 Å². The number of nitrogens with one attached hydrogen (secondary N) is 1. The maximum Gasteiger partial charge on any atom is 0.253 e. The van der Waals surface area contributed by atoms with Crippen molar-refractivity contribution in [2.75, 3.05) is 38.6 Å². The van der Waals surface area contributed by atoms with Gasteiger partial charge in [-0.15, -0.1) is 11.3 Å². The summed E-state index contributed by atoms with van der Waals surface area (Å²) in [4.78, 5) is 26.8. The monoisotopic (exact) mass is 451 g/mol. The first kappa shape index (κ1) is 22.4. The first-order valence-electron chi connectivity index (χ1n) is 9.61. The molecule has 1 aliphatic rings. The second kappa shape index (κ2) is 9.69. The molecule has 8 nitrogen and oxygen atoms in total. The van der Waals surface area contributed by atoms with E-state index < -0.39 is 15.9 Å². The lowest BCUT2D eigenvalue weighted by molar-refractivity contribution is -0.116. The maximum absolute atomic E-state index is 12.7. The van der Waals surface area contributed by atoms with Crippen LogP contribution in [0.2, 0.25) is 0 Å². The SMILES string of the molecule is CN(CC(=O)Nc1cccc(C(=O)N2CCC(CO)CC2)c1)S(=O)(=O)c1cccs1. The average Bonchev–Trinajstić information content (AvgIpc) is 3.29. The van der Waals surface area contributed by atoms with Gasteiger partial charge in [-0.1, -0.05) is 12.1 Å². The zero-order valence-corrected chi connectivity index (χ0v) is 18.3. The number of hydrogen-bond donors (Lipinski definition) is 2. The van der Waals surface area contributed by atoms with Crippen molar-refractivity contribution >= 4 is 38.9 Å². The van der Waals surface area contributed by atoms with Gasteiger partial charge in [0.25, 0.3) is 15.9 Å². The highest BCUT2D eigenvalue weighted by Crippen LogP contribution is 2.21. The molecule has 0 spiro atoms. The van der Waals surface area contributed by atoms with E-state index in [4.69, 9.17) is 0 Å². The Morgan fingerprint density at radius 1 is 1.23 bits per heavy atom. The minimum atomic E-state index is -3.71. The molecule has 1 saturated heterocycles. The number of amides is 2. The summed E-state index contributed by atoms with van der Waals surface area (Å²) in [7, 11) is -2.36. The van der Waals surface area contributed by atoms with Crippen LogP contribution in [0.1, 0.15) is 23.2 Å². The smallest absolute Gasteiger partial charge is 0.253 e. The first-order valence-corrected chi connectivity index (χ1v) is 11.9. The molecule has 2 amide bonds. The zero-order chi connectivity index (χ0) is 21.7. The van der Waals surface area contributed by atoms with Crippen molar-refractivity contribution in [2.24, 2.45) is 5.92 Å². The van der Waals surface area contributed by atoms with E-state index in [9.17, 15) is 23.1 Å². The van der Waals surface area contributed by atoms with Crippen LogP contribution in [0.25, 0.3) is 0 Å². The van der Waals surface area contributed by atoms with Gasteiger partial charge in [0.1, 0.15) is 4.21 Å². The van der Waals surface area contributed by atoms with E-state index in [2.05, 4.69) is 5.32 Å². The fourth-order valence-corrected chi connectivity index (χ4v) is 5.61. The summed E-state index contributed by atoms with van der Waals surface area (Å²) in [6.07, 6.45) is 1.54. The third-order valence-electron chi connectivity index (χ3n) is 5.08. The normalized spacial score (nSPS) is 15.4. The molecule has 30 heavy (non-hydrogen) atoms. The summed E-state index contributed by atoms with van der Waals surface area (Å²) >= 11 is 1.09. The summed E-state index contributed by atoms with van der Waals surface area (Å²) in [5, 5.41) is 13.6. The van der Waals surface area contributed by atoms with Crippen LogP contribution in [0.3, 0.4) is 0 Å². The quantitative estimate of drug-likeness (QED) is 0.668. The van der Waals surface area contributed by atoms with Crippen molar-refractivity contribution in [3.63, 3.8) is 0 Å². The minimum absolute atomic E-state index is 0.125. The molecule has 2 heterocycles. The van der Waals surface area contributed by atoms with Crippen molar-refractivity contribution in [3.05, 3.63) is 47.3 Å². The van der Waals surface area contributed by atoms with Crippen LogP contribution in [0.5, 0.6) is 0 Å². The van der Waals surface area contributed by atoms with E-state index in [1.807, 2.05) is 0 Å². The molecule has 10 heteroatoms. The predicted octanol–water partition coefficient (Wildman–Crippen LogP) is 1.85. The van der Waals surface area contributed by atoms with E-state index in [-0.39, 0.29) is 29.2 Å². The van der Waals surface area contributed by atoms with E-state index in [0.29, 0.717) is 24.3 Å². The summed E-state index contributed by atoms with van der Waals surface area (Å²) in [6, 6.07) is 9.73. The largest absolute Gasteiger partial charge is 0.396 e. The highest BCUT2D eigenvalue weighted by molar-refractivity contribution is 7.91. The lowest BCUT2D eigenvalue weighted by atomic mass is 9.97. The summed E-state index contributed by atoms with van der Waals surface area (Å²) in [5.74, 6) is -0.381. The van der Waals surface area contributed by atoms with Crippen LogP contribution in [-0.2, 0) is 14.8 Å². The van der Waals surface area contributed by atoms with Crippen LogP contribution in [-0.4, -0.2) is 67.8 Å². The van der Waals surface area contributed by atoms with Crippen LogP contribution >= 0.6 is 11.3 Å². The maximum atomic E-state index is 12.7. The lowest BCUT2D eigenvalue weighted by Crippen LogP contribution is -2.39. The predicted molar refractivity (Wildman–Crippen MR) is 115 cm³/mol. The van der Waals surface area contributed by atoms with Crippen molar-refractivity contribution in [1.82, 2.24) is 9.21 Å². The Morgan fingerprint density at radius 2 is 1.97 bits per heavy atom. The molecule has 0 saturated carbocycles. The lowest BCUT2D eigenvalue weighted by Gasteiger charge is -2.31. The number of carbonyl (C=O) groups excluding carboxylic acids is 2. The number of aliphatic hydroxyl groups is 1. The van der Waals surface area contributed by atoms with Crippen LogP contribution in [0.15, 0.2) is 46.0 Å². The van der Waals surface area contributed by atoms with Crippen LogP contribution < -0.4 is 5.32 Å². The van der Waals surface area contributed by atoms with Gasteiger partial charge in [0.05, 0.1) is 6.54 Å². The Morgan fingerprint density at radius 3 is 2.60 bits per heavy atom. The first-order chi connectivity index (χ1) is 14.3. The summed E-state index contributed by atoms with van der Waals surface area (Å²) < 4.78 is 26.0. The van der Waals surface area contributed by atoms with Gasteiger partial charge in [-0.25, -0.2) is 8.42 Å². The Bertz CT molecular complexity index is 984. The molecule has 1 fully saturated rings. The van der Waals surface area contributed by atoms with Gasteiger partial charge >= 0.3 is 0 Å². The highest BCUT2D eigenvalue weighted by Gasteiger charge is 2.25. The van der Waals surface area contributed by atoms with Crippen LogP contribution in [0, 0.1) is 5.92 Å². The van der Waals surface area contributed by atoms with E-state index in [0.717, 1.165) is 28.5 Å². The third kappa shape index (κ3) is 5.25. The third-order valence-corrected chi connectivity index (χ3v) is 8.26. The number of likely N-dealkylation sites (tertiary alicyclic amines) is 1. The Hall–Kier alpha value is -2.27. The number of nitrogens with zero attached hydrogens (tertiary/aromatic N) is 2.